The summed E-state index contributed by atoms with van der Waals surface area (Å²) in [5, 5.41) is 9.16. The van der Waals surface area contributed by atoms with Gasteiger partial charge in [0, 0.05) is 19.5 Å². The molecule has 1 aromatic rings. The number of nitrogens with zero attached hydrogens (tertiary/aromatic N) is 1. The van der Waals surface area contributed by atoms with Crippen LogP contribution in [0.2, 0.25) is 0 Å². The molecule has 4 nitrogen and oxygen atoms in total. The molecule has 1 fully saturated rings. The number of aryl methyl sites for hydroxylation is 1. The van der Waals surface area contributed by atoms with Gasteiger partial charge in [0.25, 0.3) is 0 Å². The lowest BCUT2D eigenvalue weighted by Crippen LogP contribution is -2.34. The molecule has 20 heavy (non-hydrogen) atoms. The van der Waals surface area contributed by atoms with E-state index in [1.165, 1.54) is 5.56 Å². The Balaban J connectivity index is 1.78. The lowest BCUT2D eigenvalue weighted by Gasteiger charge is -2.20. The molecule has 1 amide bonds. The zero-order valence-corrected chi connectivity index (χ0v) is 11.8. The van der Waals surface area contributed by atoms with Gasteiger partial charge in [-0.3, -0.25) is 9.59 Å². The van der Waals surface area contributed by atoms with Crippen molar-refractivity contribution in [3.05, 3.63) is 35.9 Å². The zero-order chi connectivity index (χ0) is 14.6. The minimum Gasteiger partial charge on any atom is -0.481 e. The Kier molecular flexibility index (Phi) is 4.42. The SMILES string of the molecule is CC1(C(=O)O)CCN(C(=O)CCCc2ccccc2)C1. The fourth-order valence-electron chi connectivity index (χ4n) is 2.60. The largest absolute Gasteiger partial charge is 0.481 e. The van der Waals surface area contributed by atoms with E-state index in [9.17, 15) is 9.59 Å². The van der Waals surface area contributed by atoms with Crippen LogP contribution in [0.4, 0.5) is 0 Å². The number of carbonyl (C=O) groups is 2. The number of aliphatic carboxylic acids is 1. The molecule has 2 rings (SSSR count). The van der Waals surface area contributed by atoms with Crippen molar-refractivity contribution < 1.29 is 14.7 Å². The van der Waals surface area contributed by atoms with Crippen molar-refractivity contribution in [2.24, 2.45) is 5.41 Å². The fourth-order valence-corrected chi connectivity index (χ4v) is 2.60. The number of carboxylic acid groups (broad SMARTS) is 1. The summed E-state index contributed by atoms with van der Waals surface area (Å²) >= 11 is 0. The van der Waals surface area contributed by atoms with Gasteiger partial charge in [0.05, 0.1) is 5.41 Å². The highest BCUT2D eigenvalue weighted by atomic mass is 16.4. The van der Waals surface area contributed by atoms with Crippen molar-refractivity contribution in [3.63, 3.8) is 0 Å². The van der Waals surface area contributed by atoms with Crippen LogP contribution in [0.25, 0.3) is 0 Å². The molecule has 1 atom stereocenters. The van der Waals surface area contributed by atoms with Crippen molar-refractivity contribution in [2.45, 2.75) is 32.6 Å². The molecule has 0 aromatic heterocycles. The molecule has 108 valence electrons. The topological polar surface area (TPSA) is 57.6 Å². The maximum atomic E-state index is 12.1. The summed E-state index contributed by atoms with van der Waals surface area (Å²) in [6, 6.07) is 10.1. The Morgan fingerprint density at radius 1 is 1.30 bits per heavy atom. The Labute approximate surface area is 119 Å². The van der Waals surface area contributed by atoms with E-state index in [1.54, 1.807) is 11.8 Å². The Hall–Kier alpha value is -1.84. The van der Waals surface area contributed by atoms with Crippen molar-refractivity contribution in [1.29, 1.82) is 0 Å². The maximum Gasteiger partial charge on any atom is 0.311 e. The summed E-state index contributed by atoms with van der Waals surface area (Å²) in [6.45, 7) is 2.62. The van der Waals surface area contributed by atoms with Gasteiger partial charge in [-0.1, -0.05) is 30.3 Å². The van der Waals surface area contributed by atoms with Crippen LogP contribution in [0, 0.1) is 5.41 Å². The van der Waals surface area contributed by atoms with Gasteiger partial charge >= 0.3 is 5.97 Å². The third-order valence-electron chi connectivity index (χ3n) is 4.04. The minimum atomic E-state index is -0.808. The molecule has 1 unspecified atom stereocenters. The number of carboxylic acids is 1. The van der Waals surface area contributed by atoms with Crippen LogP contribution < -0.4 is 0 Å². The molecule has 0 bridgehead atoms. The number of hydrogen-bond donors (Lipinski definition) is 1. The van der Waals surface area contributed by atoms with Crippen LogP contribution >= 0.6 is 0 Å². The predicted molar refractivity (Wildman–Crippen MR) is 76.3 cm³/mol. The van der Waals surface area contributed by atoms with Crippen LogP contribution in [0.3, 0.4) is 0 Å². The van der Waals surface area contributed by atoms with E-state index in [2.05, 4.69) is 12.1 Å². The summed E-state index contributed by atoms with van der Waals surface area (Å²) in [7, 11) is 0. The Morgan fingerprint density at radius 2 is 2.00 bits per heavy atom. The fraction of sp³-hybridized carbons (Fsp3) is 0.500. The van der Waals surface area contributed by atoms with Crippen molar-refractivity contribution in [1.82, 2.24) is 4.90 Å². The second kappa shape index (κ2) is 6.07. The van der Waals surface area contributed by atoms with Gasteiger partial charge in [-0.15, -0.1) is 0 Å². The third kappa shape index (κ3) is 3.38. The van der Waals surface area contributed by atoms with Gasteiger partial charge in [-0.05, 0) is 31.7 Å². The molecule has 0 radical (unpaired) electrons. The second-order valence-electron chi connectivity index (χ2n) is 5.77. The summed E-state index contributed by atoms with van der Waals surface area (Å²) in [5.41, 5.74) is 0.465. The molecule has 1 aliphatic rings. The second-order valence-corrected chi connectivity index (χ2v) is 5.77. The van der Waals surface area contributed by atoms with E-state index < -0.39 is 11.4 Å². The van der Waals surface area contributed by atoms with Gasteiger partial charge in [-0.2, -0.15) is 0 Å². The van der Waals surface area contributed by atoms with Crippen LogP contribution in [-0.4, -0.2) is 35.0 Å². The summed E-state index contributed by atoms with van der Waals surface area (Å²) in [5.74, 6) is -0.733. The number of benzene rings is 1. The number of rotatable bonds is 5. The highest BCUT2D eigenvalue weighted by Crippen LogP contribution is 2.30. The first-order chi connectivity index (χ1) is 9.51. The van der Waals surface area contributed by atoms with Gasteiger partial charge < -0.3 is 10.0 Å². The van der Waals surface area contributed by atoms with Crippen molar-refractivity contribution in [3.8, 4) is 0 Å². The van der Waals surface area contributed by atoms with E-state index in [0.717, 1.165) is 12.8 Å². The molecule has 0 spiro atoms. The average molecular weight is 275 g/mol. The number of amides is 1. The van der Waals surface area contributed by atoms with Gasteiger partial charge in [0.15, 0.2) is 0 Å². The monoisotopic (exact) mass is 275 g/mol. The van der Waals surface area contributed by atoms with Crippen molar-refractivity contribution in [2.75, 3.05) is 13.1 Å². The molecule has 1 saturated heterocycles. The van der Waals surface area contributed by atoms with Crippen molar-refractivity contribution >= 4 is 11.9 Å². The van der Waals surface area contributed by atoms with Crippen LogP contribution in [0.1, 0.15) is 31.7 Å². The Bertz CT molecular complexity index is 486. The summed E-state index contributed by atoms with van der Waals surface area (Å²) in [4.78, 5) is 24.9. The minimum absolute atomic E-state index is 0.0749. The first kappa shape index (κ1) is 14.6. The lowest BCUT2D eigenvalue weighted by molar-refractivity contribution is -0.147. The molecule has 1 N–H and O–H groups in total. The van der Waals surface area contributed by atoms with E-state index in [4.69, 9.17) is 5.11 Å². The highest BCUT2D eigenvalue weighted by molar-refractivity contribution is 5.80. The van der Waals surface area contributed by atoms with Gasteiger partial charge in [0.1, 0.15) is 0 Å². The smallest absolute Gasteiger partial charge is 0.311 e. The van der Waals surface area contributed by atoms with E-state index in [-0.39, 0.29) is 5.91 Å². The average Bonchev–Trinajstić information content (AvgIpc) is 2.84. The van der Waals surface area contributed by atoms with E-state index in [1.807, 2.05) is 18.2 Å². The third-order valence-corrected chi connectivity index (χ3v) is 4.04. The molecular formula is C16H21NO3. The van der Waals surface area contributed by atoms with Gasteiger partial charge in [0.2, 0.25) is 5.91 Å². The molecule has 0 saturated carbocycles. The van der Waals surface area contributed by atoms with Crippen LogP contribution in [0.5, 0.6) is 0 Å². The highest BCUT2D eigenvalue weighted by Gasteiger charge is 2.41. The molecule has 1 aromatic carbocycles. The summed E-state index contributed by atoms with van der Waals surface area (Å²) in [6.07, 6.45) is 2.73. The summed E-state index contributed by atoms with van der Waals surface area (Å²) < 4.78 is 0. The zero-order valence-electron chi connectivity index (χ0n) is 11.8. The molecule has 4 heteroatoms. The van der Waals surface area contributed by atoms with Crippen LogP contribution in [-0.2, 0) is 16.0 Å². The standard InChI is InChI=1S/C16H21NO3/c1-16(15(19)20)10-11-17(12-16)14(18)9-5-8-13-6-3-2-4-7-13/h2-4,6-7H,5,8-12H2,1H3,(H,19,20). The first-order valence-corrected chi connectivity index (χ1v) is 7.06. The van der Waals surface area contributed by atoms with E-state index >= 15 is 0 Å². The lowest BCUT2D eigenvalue weighted by atomic mass is 9.90. The molecule has 1 aliphatic heterocycles. The number of likely N-dealkylation sites (tertiary alicyclic amines) is 1. The number of hydrogen-bond acceptors (Lipinski definition) is 2. The van der Waals surface area contributed by atoms with Gasteiger partial charge in [-0.25, -0.2) is 0 Å². The van der Waals surface area contributed by atoms with E-state index in [0.29, 0.717) is 25.9 Å². The quantitative estimate of drug-likeness (QED) is 0.897. The normalized spacial score (nSPS) is 21.9. The number of carbonyl (C=O) groups excluding carboxylic acids is 1. The molecule has 0 aliphatic carbocycles. The Morgan fingerprint density at radius 3 is 2.60 bits per heavy atom. The first-order valence-electron chi connectivity index (χ1n) is 7.06. The predicted octanol–water partition coefficient (Wildman–Crippen LogP) is 2.33. The molecular weight excluding hydrogens is 254 g/mol. The molecule has 1 heterocycles. The van der Waals surface area contributed by atoms with Crippen LogP contribution in [0.15, 0.2) is 30.3 Å². The maximum absolute atomic E-state index is 12.1.